The van der Waals surface area contributed by atoms with Gasteiger partial charge in [0.25, 0.3) is 0 Å². The van der Waals surface area contributed by atoms with E-state index in [-0.39, 0.29) is 5.56 Å². The fraction of sp³-hybridized carbons (Fsp3) is 0.500. The third-order valence-electron chi connectivity index (χ3n) is 4.59. The van der Waals surface area contributed by atoms with Gasteiger partial charge in [-0.15, -0.1) is 11.3 Å². The lowest BCUT2D eigenvalue weighted by molar-refractivity contribution is 0.0495. The molecule has 0 saturated heterocycles. The first-order chi connectivity index (χ1) is 13.1. The van der Waals surface area contributed by atoms with E-state index in [1.807, 2.05) is 0 Å². The number of carbonyl (C=O) groups excluding carboxylic acids is 1. The summed E-state index contributed by atoms with van der Waals surface area (Å²) >= 11 is 1.33. The molecule has 2 N–H and O–H groups in total. The lowest BCUT2D eigenvalue weighted by Gasteiger charge is -2.28. The molecule has 3 rings (SSSR count). The number of hydrogen-bond acceptors (Lipinski definition) is 5. The van der Waals surface area contributed by atoms with E-state index < -0.39 is 41.4 Å². The number of aryl methyl sites for hydroxylation is 1. The van der Waals surface area contributed by atoms with Crippen LogP contribution in [0.4, 0.5) is 13.6 Å². The lowest BCUT2D eigenvalue weighted by atomic mass is 9.87. The van der Waals surface area contributed by atoms with Crippen molar-refractivity contribution in [2.45, 2.75) is 64.2 Å². The van der Waals surface area contributed by atoms with Gasteiger partial charge in [0.05, 0.1) is 27.7 Å². The number of benzene rings is 1. The van der Waals surface area contributed by atoms with Crippen molar-refractivity contribution in [1.29, 1.82) is 0 Å². The van der Waals surface area contributed by atoms with Gasteiger partial charge in [-0.3, -0.25) is 0 Å². The fourth-order valence-corrected chi connectivity index (χ4v) is 4.59. The highest BCUT2D eigenvalue weighted by molar-refractivity contribution is 7.11. The van der Waals surface area contributed by atoms with Gasteiger partial charge >= 0.3 is 6.09 Å². The minimum absolute atomic E-state index is 0.159. The summed E-state index contributed by atoms with van der Waals surface area (Å²) in [5, 5.41) is 14.0. The SMILES string of the molecule is Cc1nc2c(s1)[C@@H](NC(=O)OC(C)(C)C)[C@H](c1cccc(F)c1F)CC[C@H]2O. The smallest absolute Gasteiger partial charge is 0.408 e. The summed E-state index contributed by atoms with van der Waals surface area (Å²) in [4.78, 5) is 17.5. The molecule has 1 heterocycles. The molecule has 0 saturated carbocycles. The molecule has 1 aromatic heterocycles. The zero-order valence-electron chi connectivity index (χ0n) is 16.3. The predicted molar refractivity (Wildman–Crippen MR) is 102 cm³/mol. The number of aliphatic hydroxyl groups is 1. The normalized spacial score (nSPS) is 22.3. The molecular weight excluding hydrogens is 386 g/mol. The molecule has 1 aromatic carbocycles. The highest BCUT2D eigenvalue weighted by Gasteiger charge is 2.38. The Morgan fingerprint density at radius 2 is 2.04 bits per heavy atom. The maximum absolute atomic E-state index is 14.6. The average molecular weight is 410 g/mol. The number of alkyl carbamates (subject to hydrolysis) is 1. The van der Waals surface area contributed by atoms with Crippen LogP contribution in [0.5, 0.6) is 0 Å². The van der Waals surface area contributed by atoms with Crippen LogP contribution in [0.1, 0.15) is 72.8 Å². The summed E-state index contributed by atoms with van der Waals surface area (Å²) < 4.78 is 33.8. The molecule has 0 fully saturated rings. The van der Waals surface area contributed by atoms with Gasteiger partial charge in [-0.25, -0.2) is 18.6 Å². The summed E-state index contributed by atoms with van der Waals surface area (Å²) in [5.74, 6) is -2.46. The van der Waals surface area contributed by atoms with E-state index in [1.54, 1.807) is 27.7 Å². The second-order valence-corrected chi connectivity index (χ2v) is 9.18. The van der Waals surface area contributed by atoms with Gasteiger partial charge < -0.3 is 15.2 Å². The Hall–Kier alpha value is -2.06. The summed E-state index contributed by atoms with van der Waals surface area (Å²) in [6, 6.07) is 3.32. The number of rotatable bonds is 2. The third kappa shape index (κ3) is 4.33. The number of hydrogen-bond donors (Lipinski definition) is 2. The highest BCUT2D eigenvalue weighted by Crippen LogP contribution is 2.46. The van der Waals surface area contributed by atoms with Crippen molar-refractivity contribution in [3.05, 3.63) is 51.0 Å². The molecule has 8 heteroatoms. The van der Waals surface area contributed by atoms with Crippen molar-refractivity contribution in [2.75, 3.05) is 0 Å². The standard InChI is InChI=1S/C20H24F2N2O3S/c1-10-23-17-14(25)9-8-12(11-6-5-7-13(21)15(11)22)16(18(17)28-10)24-19(26)27-20(2,3)4/h5-7,12,14,16,25H,8-9H2,1-4H3,(H,24,26)/t12-,14+,16-/m0/s1. The van der Waals surface area contributed by atoms with Crippen LogP contribution in [-0.4, -0.2) is 21.8 Å². The molecule has 0 spiro atoms. The number of fused-ring (bicyclic) bond motifs is 1. The molecule has 2 aromatic rings. The number of ether oxygens (including phenoxy) is 1. The molecule has 0 bridgehead atoms. The molecule has 0 aliphatic heterocycles. The Balaban J connectivity index is 2.06. The van der Waals surface area contributed by atoms with Crippen LogP contribution >= 0.6 is 11.3 Å². The molecule has 5 nitrogen and oxygen atoms in total. The molecule has 1 aliphatic carbocycles. The van der Waals surface area contributed by atoms with Crippen molar-refractivity contribution < 1.29 is 23.4 Å². The Bertz CT molecular complexity index is 879. The third-order valence-corrected chi connectivity index (χ3v) is 5.66. The summed E-state index contributed by atoms with van der Waals surface area (Å²) in [6.45, 7) is 7.04. The van der Waals surface area contributed by atoms with E-state index >= 15 is 0 Å². The molecular formula is C20H24F2N2O3S. The molecule has 3 atom stereocenters. The van der Waals surface area contributed by atoms with Crippen molar-refractivity contribution in [2.24, 2.45) is 0 Å². The van der Waals surface area contributed by atoms with Crippen LogP contribution in [0.3, 0.4) is 0 Å². The molecule has 0 radical (unpaired) electrons. The predicted octanol–water partition coefficient (Wildman–Crippen LogP) is 4.91. The first-order valence-corrected chi connectivity index (χ1v) is 9.97. The van der Waals surface area contributed by atoms with Crippen LogP contribution in [0.15, 0.2) is 18.2 Å². The fourth-order valence-electron chi connectivity index (χ4n) is 3.49. The molecule has 1 aliphatic rings. The number of aromatic nitrogens is 1. The quantitative estimate of drug-likeness (QED) is 0.691. The molecule has 1 amide bonds. The van der Waals surface area contributed by atoms with Gasteiger partial charge in [-0.05, 0) is 52.2 Å². The van der Waals surface area contributed by atoms with Crippen LogP contribution in [-0.2, 0) is 4.74 Å². The second-order valence-electron chi connectivity index (χ2n) is 7.95. The van der Waals surface area contributed by atoms with E-state index in [0.29, 0.717) is 23.4 Å². The van der Waals surface area contributed by atoms with Crippen LogP contribution in [0.2, 0.25) is 0 Å². The Morgan fingerprint density at radius 1 is 1.32 bits per heavy atom. The van der Waals surface area contributed by atoms with Crippen LogP contribution in [0.25, 0.3) is 0 Å². The van der Waals surface area contributed by atoms with Crippen molar-refractivity contribution in [1.82, 2.24) is 10.3 Å². The number of nitrogens with zero attached hydrogens (tertiary/aromatic N) is 1. The number of halogens is 2. The zero-order chi connectivity index (χ0) is 20.6. The topological polar surface area (TPSA) is 71.5 Å². The monoisotopic (exact) mass is 410 g/mol. The van der Waals surface area contributed by atoms with Crippen molar-refractivity contribution in [3.63, 3.8) is 0 Å². The highest BCUT2D eigenvalue weighted by atomic mass is 32.1. The van der Waals surface area contributed by atoms with E-state index in [9.17, 15) is 18.7 Å². The van der Waals surface area contributed by atoms with E-state index in [0.717, 1.165) is 11.1 Å². The summed E-state index contributed by atoms with van der Waals surface area (Å²) in [5.41, 5.74) is -0.0737. The minimum Gasteiger partial charge on any atom is -0.444 e. The van der Waals surface area contributed by atoms with Gasteiger partial charge in [-0.2, -0.15) is 0 Å². The Morgan fingerprint density at radius 3 is 2.71 bits per heavy atom. The van der Waals surface area contributed by atoms with E-state index in [1.165, 1.54) is 23.5 Å². The number of carbonyl (C=O) groups is 1. The first kappa shape index (κ1) is 20.7. The van der Waals surface area contributed by atoms with Crippen LogP contribution in [0, 0.1) is 18.6 Å². The van der Waals surface area contributed by atoms with Gasteiger partial charge in [0.2, 0.25) is 0 Å². The summed E-state index contributed by atoms with van der Waals surface area (Å²) in [6.07, 6.45) is -0.815. The van der Waals surface area contributed by atoms with Crippen molar-refractivity contribution >= 4 is 17.4 Å². The Kier molecular flexibility index (Phi) is 5.72. The Labute approximate surface area is 166 Å². The summed E-state index contributed by atoms with van der Waals surface area (Å²) in [7, 11) is 0. The zero-order valence-corrected chi connectivity index (χ0v) is 17.1. The van der Waals surface area contributed by atoms with Gasteiger partial charge in [-0.1, -0.05) is 12.1 Å². The molecule has 152 valence electrons. The van der Waals surface area contributed by atoms with Gasteiger partial charge in [0.15, 0.2) is 11.6 Å². The number of thiazole rings is 1. The lowest BCUT2D eigenvalue weighted by Crippen LogP contribution is -2.37. The van der Waals surface area contributed by atoms with Gasteiger partial charge in [0.1, 0.15) is 5.60 Å². The first-order valence-electron chi connectivity index (χ1n) is 9.15. The minimum atomic E-state index is -0.945. The van der Waals surface area contributed by atoms with Crippen LogP contribution < -0.4 is 5.32 Å². The maximum Gasteiger partial charge on any atom is 0.408 e. The number of nitrogens with one attached hydrogen (secondary N) is 1. The molecule has 0 unspecified atom stereocenters. The maximum atomic E-state index is 14.6. The van der Waals surface area contributed by atoms with Crippen molar-refractivity contribution in [3.8, 4) is 0 Å². The van der Waals surface area contributed by atoms with E-state index in [4.69, 9.17) is 4.74 Å². The number of aliphatic hydroxyl groups excluding tert-OH is 1. The van der Waals surface area contributed by atoms with E-state index in [2.05, 4.69) is 10.3 Å². The molecule has 28 heavy (non-hydrogen) atoms. The second kappa shape index (κ2) is 7.75. The van der Waals surface area contributed by atoms with Gasteiger partial charge in [0, 0.05) is 5.92 Å². The number of amides is 1. The largest absolute Gasteiger partial charge is 0.444 e. The average Bonchev–Trinajstić information content (AvgIpc) is 2.92.